The van der Waals surface area contributed by atoms with Crippen LogP contribution in [0.1, 0.15) is 32.8 Å². The van der Waals surface area contributed by atoms with Crippen molar-refractivity contribution in [2.75, 3.05) is 0 Å². The minimum absolute atomic E-state index is 0.0742. The standard InChI is InChI=1S/C22H23F6N3/c1-4-10-29-13-16-15-31(19-9-11-30-14-18(16)19)12-7-8-17(5-2)20(6-3,21(23,24)25)22(26,27)28/h4-5,7-11,13-15H,6,12H2,1-3H3/b8-7-,10-4-,17-5+,29-13?. The lowest BCUT2D eigenvalue weighted by molar-refractivity contribution is -0.325. The predicted molar refractivity (Wildman–Crippen MR) is 110 cm³/mol. The Balaban J connectivity index is 2.43. The topological polar surface area (TPSA) is 30.2 Å². The summed E-state index contributed by atoms with van der Waals surface area (Å²) >= 11 is 0. The van der Waals surface area contributed by atoms with Crippen molar-refractivity contribution in [1.82, 2.24) is 9.55 Å². The van der Waals surface area contributed by atoms with Crippen molar-refractivity contribution in [3.63, 3.8) is 0 Å². The molecule has 0 aliphatic heterocycles. The third kappa shape index (κ3) is 4.75. The molecule has 2 aromatic rings. The highest BCUT2D eigenvalue weighted by molar-refractivity contribution is 5.99. The lowest BCUT2D eigenvalue weighted by atomic mass is 9.75. The second kappa shape index (κ2) is 9.53. The molecular weight excluding hydrogens is 420 g/mol. The third-order valence-corrected chi connectivity index (χ3v) is 5.06. The number of aliphatic imine (C=N–C) groups is 1. The molecule has 0 radical (unpaired) electrons. The summed E-state index contributed by atoms with van der Waals surface area (Å²) in [6, 6.07) is 1.72. The van der Waals surface area contributed by atoms with Gasteiger partial charge in [0, 0.05) is 48.5 Å². The van der Waals surface area contributed by atoms with Crippen molar-refractivity contribution in [1.29, 1.82) is 0 Å². The van der Waals surface area contributed by atoms with Crippen LogP contribution in [0.25, 0.3) is 10.9 Å². The van der Waals surface area contributed by atoms with Crippen LogP contribution in [-0.4, -0.2) is 28.1 Å². The molecule has 2 rings (SSSR count). The van der Waals surface area contributed by atoms with Gasteiger partial charge >= 0.3 is 12.4 Å². The maximum Gasteiger partial charge on any atom is 0.407 e. The fourth-order valence-corrected chi connectivity index (χ4v) is 3.50. The van der Waals surface area contributed by atoms with E-state index < -0.39 is 29.8 Å². The third-order valence-electron chi connectivity index (χ3n) is 5.06. The smallest absolute Gasteiger partial charge is 0.343 e. The monoisotopic (exact) mass is 443 g/mol. The second-order valence-electron chi connectivity index (χ2n) is 6.79. The Hall–Kier alpha value is -2.84. The van der Waals surface area contributed by atoms with Crippen molar-refractivity contribution in [2.45, 2.75) is 46.1 Å². The molecule has 31 heavy (non-hydrogen) atoms. The molecule has 168 valence electrons. The van der Waals surface area contributed by atoms with Crippen LogP contribution in [0.4, 0.5) is 26.3 Å². The van der Waals surface area contributed by atoms with Crippen molar-refractivity contribution in [2.24, 2.45) is 10.4 Å². The van der Waals surface area contributed by atoms with Crippen LogP contribution in [0.2, 0.25) is 0 Å². The Labute approximate surface area is 176 Å². The van der Waals surface area contributed by atoms with Gasteiger partial charge in [0.05, 0.1) is 5.52 Å². The van der Waals surface area contributed by atoms with Crippen LogP contribution in [0.3, 0.4) is 0 Å². The lowest BCUT2D eigenvalue weighted by Gasteiger charge is -2.37. The number of hydrogen-bond acceptors (Lipinski definition) is 2. The van der Waals surface area contributed by atoms with Crippen molar-refractivity contribution in [3.8, 4) is 0 Å². The summed E-state index contributed by atoms with van der Waals surface area (Å²) in [5.41, 5.74) is -3.28. The number of nitrogens with zero attached hydrogens (tertiary/aromatic N) is 3. The van der Waals surface area contributed by atoms with Crippen LogP contribution in [0.5, 0.6) is 0 Å². The van der Waals surface area contributed by atoms with Crippen LogP contribution in [0, 0.1) is 5.41 Å². The van der Waals surface area contributed by atoms with Crippen LogP contribution >= 0.6 is 0 Å². The summed E-state index contributed by atoms with van der Waals surface area (Å²) in [5, 5.41) is 0.767. The molecular formula is C22H23F6N3. The number of pyridine rings is 1. The van der Waals surface area contributed by atoms with Gasteiger partial charge in [-0.25, -0.2) is 0 Å². The minimum Gasteiger partial charge on any atom is -0.343 e. The zero-order valence-corrected chi connectivity index (χ0v) is 17.3. The molecule has 0 fully saturated rings. The summed E-state index contributed by atoms with van der Waals surface area (Å²) < 4.78 is 83.3. The number of alkyl halides is 6. The predicted octanol–water partition coefficient (Wildman–Crippen LogP) is 7.01. The molecule has 2 heterocycles. The molecule has 9 heteroatoms. The first kappa shape index (κ1) is 24.4. The van der Waals surface area contributed by atoms with E-state index in [-0.39, 0.29) is 6.54 Å². The van der Waals surface area contributed by atoms with Crippen molar-refractivity contribution >= 4 is 17.1 Å². The molecule has 0 aliphatic rings. The number of aromatic nitrogens is 2. The second-order valence-corrected chi connectivity index (χ2v) is 6.79. The fourth-order valence-electron chi connectivity index (χ4n) is 3.50. The number of halogens is 6. The first-order valence-electron chi connectivity index (χ1n) is 9.57. The first-order chi connectivity index (χ1) is 14.5. The maximum atomic E-state index is 13.6. The van der Waals surface area contributed by atoms with E-state index in [4.69, 9.17) is 0 Å². The van der Waals surface area contributed by atoms with Gasteiger partial charge in [-0.3, -0.25) is 9.98 Å². The van der Waals surface area contributed by atoms with Gasteiger partial charge in [-0.2, -0.15) is 26.3 Å². The molecule has 0 saturated heterocycles. The summed E-state index contributed by atoms with van der Waals surface area (Å²) in [6.07, 6.45) is 0.824. The summed E-state index contributed by atoms with van der Waals surface area (Å²) in [4.78, 5) is 8.18. The van der Waals surface area contributed by atoms with Crippen molar-refractivity contribution in [3.05, 3.63) is 66.3 Å². The minimum atomic E-state index is -5.48. The average molecular weight is 443 g/mol. The molecule has 0 spiro atoms. The molecule has 0 amide bonds. The summed E-state index contributed by atoms with van der Waals surface area (Å²) in [5.74, 6) is 0. The molecule has 2 aromatic heterocycles. The van der Waals surface area contributed by atoms with E-state index in [1.807, 2.05) is 6.92 Å². The normalized spacial score (nSPS) is 14.7. The van der Waals surface area contributed by atoms with Gasteiger partial charge in [0.1, 0.15) is 0 Å². The van der Waals surface area contributed by atoms with E-state index >= 15 is 0 Å². The van der Waals surface area contributed by atoms with E-state index in [0.717, 1.165) is 35.5 Å². The van der Waals surface area contributed by atoms with E-state index in [1.54, 1.807) is 47.7 Å². The zero-order valence-electron chi connectivity index (χ0n) is 17.3. The van der Waals surface area contributed by atoms with E-state index in [1.165, 1.54) is 13.0 Å². The van der Waals surface area contributed by atoms with Crippen LogP contribution < -0.4 is 0 Å². The summed E-state index contributed by atoms with van der Waals surface area (Å²) in [6.45, 7) is 3.95. The highest BCUT2D eigenvalue weighted by Gasteiger charge is 2.70. The largest absolute Gasteiger partial charge is 0.407 e. The Morgan fingerprint density at radius 2 is 1.81 bits per heavy atom. The number of rotatable bonds is 7. The van der Waals surface area contributed by atoms with Gasteiger partial charge in [-0.05, 0) is 31.9 Å². The zero-order chi connectivity index (χ0) is 23.3. The highest BCUT2D eigenvalue weighted by Crippen LogP contribution is 2.57. The fraction of sp³-hybridized carbons (Fsp3) is 0.364. The Kier molecular flexibility index (Phi) is 7.51. The first-order valence-corrected chi connectivity index (χ1v) is 9.57. The molecule has 0 saturated carbocycles. The lowest BCUT2D eigenvalue weighted by Crippen LogP contribution is -2.50. The molecule has 0 aromatic carbocycles. The Morgan fingerprint density at radius 1 is 1.13 bits per heavy atom. The average Bonchev–Trinajstić information content (AvgIpc) is 3.03. The van der Waals surface area contributed by atoms with Gasteiger partial charge in [0.15, 0.2) is 5.41 Å². The maximum absolute atomic E-state index is 13.6. The van der Waals surface area contributed by atoms with Crippen molar-refractivity contribution < 1.29 is 26.3 Å². The number of fused-ring (bicyclic) bond motifs is 1. The highest BCUT2D eigenvalue weighted by atomic mass is 19.4. The molecule has 0 bridgehead atoms. The van der Waals surface area contributed by atoms with Crippen LogP contribution in [0.15, 0.2) is 65.7 Å². The van der Waals surface area contributed by atoms with E-state index in [2.05, 4.69) is 9.98 Å². The van der Waals surface area contributed by atoms with Gasteiger partial charge in [-0.1, -0.05) is 31.2 Å². The Morgan fingerprint density at radius 3 is 2.35 bits per heavy atom. The van der Waals surface area contributed by atoms with Gasteiger partial charge < -0.3 is 4.57 Å². The Bertz CT molecular complexity index is 992. The van der Waals surface area contributed by atoms with E-state index in [9.17, 15) is 26.3 Å². The van der Waals surface area contributed by atoms with E-state index in [0.29, 0.717) is 0 Å². The van der Waals surface area contributed by atoms with Gasteiger partial charge in [-0.15, -0.1) is 0 Å². The summed E-state index contributed by atoms with van der Waals surface area (Å²) in [7, 11) is 0. The quantitative estimate of drug-likeness (QED) is 0.257. The number of allylic oxidation sites excluding steroid dienone is 5. The van der Waals surface area contributed by atoms with Crippen LogP contribution in [-0.2, 0) is 6.54 Å². The van der Waals surface area contributed by atoms with Gasteiger partial charge in [0.25, 0.3) is 0 Å². The molecule has 0 unspecified atom stereocenters. The molecule has 0 aliphatic carbocycles. The SMILES string of the molecule is C/C=C\N=Cc1cn(C/C=C\C(=C/C)C(CC)(C(F)(F)F)C(F)(F)F)c2ccncc12. The number of hydrogen-bond donors (Lipinski definition) is 0. The molecule has 3 nitrogen and oxygen atoms in total. The van der Waals surface area contributed by atoms with Gasteiger partial charge in [0.2, 0.25) is 0 Å². The molecule has 0 atom stereocenters. The molecule has 0 N–H and O–H groups in total.